The lowest BCUT2D eigenvalue weighted by molar-refractivity contribution is -0.137. The fourth-order valence-electron chi connectivity index (χ4n) is 1.80. The molecule has 0 nitrogen and oxygen atoms in total. The Morgan fingerprint density at radius 1 is 1.00 bits per heavy atom. The molecule has 2 rings (SSSR count). The zero-order valence-corrected chi connectivity index (χ0v) is 13.0. The first-order chi connectivity index (χ1) is 9.52. The van der Waals surface area contributed by atoms with Crippen molar-refractivity contribution in [2.24, 2.45) is 0 Å². The van der Waals surface area contributed by atoms with E-state index in [1.165, 1.54) is 15.0 Å². The van der Waals surface area contributed by atoms with Gasteiger partial charge in [-0.05, 0) is 37.4 Å². The minimum atomic E-state index is -4.40. The second kappa shape index (κ2) is 6.55. The van der Waals surface area contributed by atoms with Gasteiger partial charge in [-0.3, -0.25) is 0 Å². The maximum atomic E-state index is 13.2. The van der Waals surface area contributed by atoms with Crippen LogP contribution in [0.25, 0.3) is 11.1 Å². The first kappa shape index (κ1) is 15.3. The van der Waals surface area contributed by atoms with E-state index in [2.05, 4.69) is 11.2 Å². The Balaban J connectivity index is 2.58. The molecular formula is C15H8F3IS. The monoisotopic (exact) mass is 404 g/mol. The highest BCUT2D eigenvalue weighted by molar-refractivity contribution is 14.2. The lowest BCUT2D eigenvalue weighted by Crippen LogP contribution is -2.07. The topological polar surface area (TPSA) is 0 Å². The van der Waals surface area contributed by atoms with E-state index in [1.54, 1.807) is 36.4 Å². The highest BCUT2D eigenvalue weighted by Crippen LogP contribution is 2.37. The summed E-state index contributed by atoms with van der Waals surface area (Å²) in [4.78, 5) is 0. The van der Waals surface area contributed by atoms with Gasteiger partial charge >= 0.3 is 6.18 Å². The predicted molar refractivity (Wildman–Crippen MR) is 85.4 cm³/mol. The minimum absolute atomic E-state index is 0.172. The molecule has 20 heavy (non-hydrogen) atoms. The van der Waals surface area contributed by atoms with Crippen LogP contribution in [0.2, 0.25) is 0 Å². The number of hydrogen-bond acceptors (Lipinski definition) is 1. The smallest absolute Gasteiger partial charge is 0.166 e. The molecule has 2 aromatic carbocycles. The summed E-state index contributed by atoms with van der Waals surface area (Å²) in [6.07, 6.45) is -4.40. The minimum Gasteiger partial charge on any atom is -0.166 e. The van der Waals surface area contributed by atoms with Crippen LogP contribution >= 0.6 is 30.1 Å². The van der Waals surface area contributed by atoms with Gasteiger partial charge in [-0.1, -0.05) is 42.3 Å². The van der Waals surface area contributed by atoms with E-state index < -0.39 is 11.7 Å². The molecule has 0 atom stereocenters. The van der Waals surface area contributed by atoms with E-state index in [0.29, 0.717) is 11.1 Å². The van der Waals surface area contributed by atoms with Crippen molar-refractivity contribution < 1.29 is 13.2 Å². The van der Waals surface area contributed by atoms with Gasteiger partial charge in [0, 0.05) is 26.8 Å². The second-order valence-electron chi connectivity index (χ2n) is 3.93. The van der Waals surface area contributed by atoms with Crippen LogP contribution in [0.5, 0.6) is 0 Å². The second-order valence-corrected chi connectivity index (χ2v) is 5.61. The van der Waals surface area contributed by atoms with Crippen LogP contribution < -0.4 is 0 Å². The molecule has 102 valence electrons. The Labute approximate surface area is 131 Å². The SMILES string of the molecule is FC(F)(F)c1cc(C#CSI)ccc1-c1ccccc1. The summed E-state index contributed by atoms with van der Waals surface area (Å²) in [5.41, 5.74) is 0.420. The average molecular weight is 404 g/mol. The predicted octanol–water partition coefficient (Wildman–Crippen LogP) is 5.76. The first-order valence-electron chi connectivity index (χ1n) is 5.57. The van der Waals surface area contributed by atoms with Crippen LogP contribution in [0.3, 0.4) is 0 Å². The van der Waals surface area contributed by atoms with E-state index in [9.17, 15) is 13.2 Å². The first-order valence-corrected chi connectivity index (χ1v) is 8.93. The van der Waals surface area contributed by atoms with Gasteiger partial charge < -0.3 is 0 Å². The van der Waals surface area contributed by atoms with Gasteiger partial charge in [-0.2, -0.15) is 13.2 Å². The molecule has 0 amide bonds. The molecule has 0 fully saturated rings. The van der Waals surface area contributed by atoms with Crippen molar-refractivity contribution in [3.05, 3.63) is 59.7 Å². The van der Waals surface area contributed by atoms with E-state index in [4.69, 9.17) is 0 Å². The van der Waals surface area contributed by atoms with E-state index in [-0.39, 0.29) is 5.56 Å². The number of halogens is 4. The van der Waals surface area contributed by atoms with Crippen molar-refractivity contribution in [1.29, 1.82) is 0 Å². The van der Waals surface area contributed by atoms with Crippen molar-refractivity contribution in [1.82, 2.24) is 0 Å². The molecule has 0 bridgehead atoms. The molecule has 0 spiro atoms. The van der Waals surface area contributed by atoms with Gasteiger partial charge in [-0.25, -0.2) is 0 Å². The highest BCUT2D eigenvalue weighted by Gasteiger charge is 2.33. The molecule has 0 unspecified atom stereocenters. The van der Waals surface area contributed by atoms with Crippen molar-refractivity contribution in [2.45, 2.75) is 6.18 Å². The molecule has 5 heteroatoms. The summed E-state index contributed by atoms with van der Waals surface area (Å²) in [6.45, 7) is 0. The van der Waals surface area contributed by atoms with Crippen LogP contribution in [0, 0.1) is 11.2 Å². The summed E-state index contributed by atoms with van der Waals surface area (Å²) in [5.74, 6) is 2.69. The Kier molecular flexibility index (Phi) is 5.00. The molecule has 0 aliphatic carbocycles. The molecule has 2 aromatic rings. The lowest BCUT2D eigenvalue weighted by atomic mass is 9.97. The molecule has 0 aliphatic heterocycles. The van der Waals surface area contributed by atoms with Crippen molar-refractivity contribution in [3.63, 3.8) is 0 Å². The summed E-state index contributed by atoms with van der Waals surface area (Å²) in [6, 6.07) is 12.7. The molecule has 0 saturated heterocycles. The van der Waals surface area contributed by atoms with Crippen LogP contribution in [0.15, 0.2) is 48.5 Å². The van der Waals surface area contributed by atoms with Gasteiger partial charge in [0.05, 0.1) is 5.56 Å². The van der Waals surface area contributed by atoms with Crippen molar-refractivity contribution in [3.8, 4) is 22.3 Å². The Hall–Kier alpha value is -1.13. The summed E-state index contributed by atoms with van der Waals surface area (Å²) >= 11 is 1.98. The normalized spacial score (nSPS) is 10.8. The number of rotatable bonds is 1. The standard InChI is InChI=1S/C15H8F3IS/c16-15(17,18)14-10-11(8-9-20-19)6-7-13(14)12-4-2-1-3-5-12/h1-7,10H. The van der Waals surface area contributed by atoms with E-state index in [0.717, 1.165) is 6.07 Å². The lowest BCUT2D eigenvalue weighted by Gasteiger charge is -2.13. The third-order valence-electron chi connectivity index (χ3n) is 2.64. The third-order valence-corrected chi connectivity index (χ3v) is 3.48. The van der Waals surface area contributed by atoms with Gasteiger partial charge in [0.1, 0.15) is 0 Å². The van der Waals surface area contributed by atoms with Crippen molar-refractivity contribution >= 4 is 30.1 Å². The van der Waals surface area contributed by atoms with Gasteiger partial charge in [0.2, 0.25) is 0 Å². The van der Waals surface area contributed by atoms with E-state index >= 15 is 0 Å². The molecule has 0 heterocycles. The molecule has 0 saturated carbocycles. The Bertz CT molecular complexity index is 654. The van der Waals surface area contributed by atoms with Gasteiger partial charge in [-0.15, -0.1) is 0 Å². The molecule has 0 N–H and O–H groups in total. The Morgan fingerprint density at radius 3 is 2.30 bits per heavy atom. The van der Waals surface area contributed by atoms with Gasteiger partial charge in [0.25, 0.3) is 0 Å². The molecule has 0 radical (unpaired) electrons. The fourth-order valence-corrected chi connectivity index (χ4v) is 2.29. The molecular weight excluding hydrogens is 396 g/mol. The van der Waals surface area contributed by atoms with E-state index in [1.807, 2.05) is 21.2 Å². The quantitative estimate of drug-likeness (QED) is 0.430. The van der Waals surface area contributed by atoms with Crippen LogP contribution in [0.1, 0.15) is 11.1 Å². The third kappa shape index (κ3) is 3.70. The number of benzene rings is 2. The number of hydrogen-bond donors (Lipinski definition) is 0. The van der Waals surface area contributed by atoms with Gasteiger partial charge in [0.15, 0.2) is 0 Å². The molecule has 0 aromatic heterocycles. The van der Waals surface area contributed by atoms with Crippen molar-refractivity contribution in [2.75, 3.05) is 0 Å². The summed E-state index contributed by atoms with van der Waals surface area (Å²) in [5, 5.41) is 2.69. The zero-order chi connectivity index (χ0) is 14.6. The van der Waals surface area contributed by atoms with Crippen LogP contribution in [0.4, 0.5) is 13.2 Å². The fraction of sp³-hybridized carbons (Fsp3) is 0.0667. The van der Waals surface area contributed by atoms with Crippen LogP contribution in [-0.4, -0.2) is 0 Å². The maximum absolute atomic E-state index is 13.2. The highest BCUT2D eigenvalue weighted by atomic mass is 127. The Morgan fingerprint density at radius 2 is 1.70 bits per heavy atom. The number of alkyl halides is 3. The average Bonchev–Trinajstić information content (AvgIpc) is 2.45. The zero-order valence-electron chi connectivity index (χ0n) is 10.0. The maximum Gasteiger partial charge on any atom is 0.417 e. The van der Waals surface area contributed by atoms with Crippen LogP contribution in [-0.2, 0) is 6.18 Å². The molecule has 0 aliphatic rings. The summed E-state index contributed by atoms with van der Waals surface area (Å²) in [7, 11) is 1.24. The summed E-state index contributed by atoms with van der Waals surface area (Å²) < 4.78 is 39.5. The largest absolute Gasteiger partial charge is 0.417 e.